The van der Waals surface area contributed by atoms with Gasteiger partial charge in [0, 0.05) is 24.2 Å². The lowest BCUT2D eigenvalue weighted by molar-refractivity contribution is -0.143. The highest BCUT2D eigenvalue weighted by atomic mass is 16.5. The summed E-state index contributed by atoms with van der Waals surface area (Å²) in [6.45, 7) is 6.10. The van der Waals surface area contributed by atoms with Crippen LogP contribution in [0.4, 0.5) is 0 Å². The maximum Gasteiger partial charge on any atom is 0.325 e. The second-order valence-electron chi connectivity index (χ2n) is 8.25. The van der Waals surface area contributed by atoms with E-state index in [0.717, 1.165) is 12.8 Å². The zero-order valence-electron chi connectivity index (χ0n) is 21.1. The Kier molecular flexibility index (Phi) is 11.4. The molecule has 0 heterocycles. The second kappa shape index (κ2) is 14.2. The fraction of sp³-hybridized carbons (Fsp3) is 0.444. The summed E-state index contributed by atoms with van der Waals surface area (Å²) in [5, 5.41) is 30.6. The van der Waals surface area contributed by atoms with Gasteiger partial charge in [0.25, 0.3) is 0 Å². The number of carboxylic acids is 1. The number of carboxylic acid groups (broad SMARTS) is 1. The quantitative estimate of drug-likeness (QED) is 0.304. The van der Waals surface area contributed by atoms with Gasteiger partial charge in [0.05, 0.1) is 20.3 Å². The Morgan fingerprint density at radius 1 is 0.800 bits per heavy atom. The van der Waals surface area contributed by atoms with Gasteiger partial charge in [-0.05, 0) is 38.1 Å². The fourth-order valence-electron chi connectivity index (χ4n) is 4.46. The third-order valence-corrected chi connectivity index (χ3v) is 5.94. The Balaban J connectivity index is 2.42. The van der Waals surface area contributed by atoms with E-state index < -0.39 is 18.1 Å². The van der Waals surface area contributed by atoms with E-state index in [9.17, 15) is 20.1 Å². The minimum Gasteiger partial charge on any atom is -0.512 e. The van der Waals surface area contributed by atoms with E-state index in [-0.39, 0.29) is 5.76 Å². The average Bonchev–Trinajstić information content (AvgIpc) is 2.87. The summed E-state index contributed by atoms with van der Waals surface area (Å²) in [5.41, 5.74) is 1.31. The van der Waals surface area contributed by atoms with Crippen molar-refractivity contribution in [2.24, 2.45) is 0 Å². The number of hydrogen-bond donors (Lipinski definition) is 3. The van der Waals surface area contributed by atoms with Gasteiger partial charge in [-0.2, -0.15) is 0 Å². The van der Waals surface area contributed by atoms with Crippen LogP contribution in [0.15, 0.2) is 60.6 Å². The van der Waals surface area contributed by atoms with E-state index in [4.69, 9.17) is 9.47 Å². The van der Waals surface area contributed by atoms with Crippen molar-refractivity contribution in [3.05, 3.63) is 71.7 Å². The number of ether oxygens (including phenoxy) is 2. The molecule has 0 aliphatic heterocycles. The summed E-state index contributed by atoms with van der Waals surface area (Å²) >= 11 is 0. The number of aliphatic hydroxyl groups is 2. The molecular formula is C27H38N2O6. The molecule has 0 bridgehead atoms. The molecule has 0 fully saturated rings. The van der Waals surface area contributed by atoms with Crippen molar-refractivity contribution in [2.45, 2.75) is 38.8 Å². The molecule has 2 atom stereocenters. The second-order valence-corrected chi connectivity index (χ2v) is 8.25. The topological polar surface area (TPSA) is 103 Å². The van der Waals surface area contributed by atoms with Gasteiger partial charge in [-0.1, -0.05) is 50.2 Å². The summed E-state index contributed by atoms with van der Waals surface area (Å²) in [5.74, 6) is -0.0390. The van der Waals surface area contributed by atoms with Gasteiger partial charge in [0.1, 0.15) is 29.6 Å². The molecule has 0 aromatic heterocycles. The molecule has 2 aromatic rings. The van der Waals surface area contributed by atoms with Crippen molar-refractivity contribution in [3.8, 4) is 11.5 Å². The molecule has 2 unspecified atom stereocenters. The first-order valence-corrected chi connectivity index (χ1v) is 11.9. The van der Waals surface area contributed by atoms with E-state index >= 15 is 0 Å². The van der Waals surface area contributed by atoms with Crippen LogP contribution in [-0.2, 0) is 4.79 Å². The van der Waals surface area contributed by atoms with E-state index in [2.05, 4.69) is 0 Å². The largest absolute Gasteiger partial charge is 0.512 e. The fourth-order valence-corrected chi connectivity index (χ4v) is 4.46. The Morgan fingerprint density at radius 2 is 1.23 bits per heavy atom. The van der Waals surface area contributed by atoms with Crippen molar-refractivity contribution >= 4 is 5.97 Å². The van der Waals surface area contributed by atoms with Crippen LogP contribution in [0.1, 0.15) is 49.9 Å². The molecule has 0 spiro atoms. The average molecular weight is 487 g/mol. The van der Waals surface area contributed by atoms with Crippen LogP contribution in [0, 0.1) is 0 Å². The van der Waals surface area contributed by atoms with Crippen molar-refractivity contribution in [3.63, 3.8) is 0 Å². The minimum atomic E-state index is -0.954. The van der Waals surface area contributed by atoms with E-state index in [1.54, 1.807) is 19.2 Å². The number of nitrogens with zero attached hydrogens (tertiary/aromatic N) is 2. The summed E-state index contributed by atoms with van der Waals surface area (Å²) < 4.78 is 11.0. The number of rotatable bonds is 15. The van der Waals surface area contributed by atoms with Gasteiger partial charge < -0.3 is 24.8 Å². The molecule has 0 radical (unpaired) electrons. The minimum absolute atomic E-state index is 0.204. The number of benzene rings is 2. The number of carbonyl (C=O) groups is 1. The number of aliphatic hydroxyl groups excluding tert-OH is 2. The molecule has 0 saturated carbocycles. The van der Waals surface area contributed by atoms with Gasteiger partial charge in [0.2, 0.25) is 0 Å². The number of methoxy groups -OCH3 is 2. The SMILES string of the molecule is CCCN(CCN(CCC)C(C(O)=CO)c1ccccc1OC)C(C(=O)O)c1ccccc1OC. The summed E-state index contributed by atoms with van der Waals surface area (Å²) in [6, 6.07) is 13.0. The first-order valence-electron chi connectivity index (χ1n) is 11.9. The monoisotopic (exact) mass is 486 g/mol. The predicted octanol–water partition coefficient (Wildman–Crippen LogP) is 4.95. The van der Waals surface area contributed by atoms with Gasteiger partial charge in [-0.25, -0.2) is 0 Å². The van der Waals surface area contributed by atoms with Crippen molar-refractivity contribution in [1.82, 2.24) is 9.80 Å². The smallest absolute Gasteiger partial charge is 0.325 e. The molecule has 8 heteroatoms. The first kappa shape index (κ1) is 28.0. The first-order chi connectivity index (χ1) is 16.9. The van der Waals surface area contributed by atoms with Crippen molar-refractivity contribution in [2.75, 3.05) is 40.4 Å². The van der Waals surface area contributed by atoms with Crippen LogP contribution >= 0.6 is 0 Å². The number of aliphatic carboxylic acids is 1. The van der Waals surface area contributed by atoms with Crippen molar-refractivity contribution < 1.29 is 29.6 Å². The third kappa shape index (κ3) is 7.13. The van der Waals surface area contributed by atoms with Crippen LogP contribution in [0.25, 0.3) is 0 Å². The molecule has 192 valence electrons. The normalized spacial score (nSPS) is 13.6. The van der Waals surface area contributed by atoms with Crippen molar-refractivity contribution in [1.29, 1.82) is 0 Å². The molecule has 3 N–H and O–H groups in total. The van der Waals surface area contributed by atoms with Crippen LogP contribution in [0.2, 0.25) is 0 Å². The standard InChI is InChI=1S/C27H38N2O6/c1-5-15-28(25(22(31)19-30)20-11-7-9-13-23(20)34-3)17-18-29(16-6-2)26(27(32)33)21-12-8-10-14-24(21)35-4/h7-14,19,25-26,30-31H,5-6,15-18H2,1-4H3,(H,32,33). The molecule has 0 amide bonds. The maximum atomic E-state index is 12.4. The zero-order chi connectivity index (χ0) is 25.8. The Bertz CT molecular complexity index is 964. The molecular weight excluding hydrogens is 448 g/mol. The van der Waals surface area contributed by atoms with Crippen LogP contribution in [0.5, 0.6) is 11.5 Å². The van der Waals surface area contributed by atoms with E-state index in [1.165, 1.54) is 7.11 Å². The summed E-state index contributed by atoms with van der Waals surface area (Å²) in [7, 11) is 3.10. The lowest BCUT2D eigenvalue weighted by Gasteiger charge is -2.35. The highest BCUT2D eigenvalue weighted by molar-refractivity contribution is 5.76. The predicted molar refractivity (Wildman–Crippen MR) is 136 cm³/mol. The lowest BCUT2D eigenvalue weighted by atomic mass is 10.0. The maximum absolute atomic E-state index is 12.4. The highest BCUT2D eigenvalue weighted by Crippen LogP contribution is 2.34. The highest BCUT2D eigenvalue weighted by Gasteiger charge is 2.32. The summed E-state index contributed by atoms with van der Waals surface area (Å²) in [6.07, 6.45) is 2.27. The molecule has 2 rings (SSSR count). The van der Waals surface area contributed by atoms with Crippen LogP contribution in [-0.4, -0.2) is 71.5 Å². The Morgan fingerprint density at radius 3 is 1.63 bits per heavy atom. The molecule has 35 heavy (non-hydrogen) atoms. The van der Waals surface area contributed by atoms with Gasteiger partial charge in [-0.3, -0.25) is 14.6 Å². The van der Waals surface area contributed by atoms with Gasteiger partial charge in [-0.15, -0.1) is 0 Å². The summed E-state index contributed by atoms with van der Waals surface area (Å²) in [4.78, 5) is 16.4. The van der Waals surface area contributed by atoms with E-state index in [1.807, 2.05) is 60.0 Å². The molecule has 0 saturated heterocycles. The Labute approximate surface area is 208 Å². The lowest BCUT2D eigenvalue weighted by Crippen LogP contribution is -2.42. The molecule has 2 aromatic carbocycles. The molecule has 0 aliphatic carbocycles. The van der Waals surface area contributed by atoms with Crippen LogP contribution in [0.3, 0.4) is 0 Å². The van der Waals surface area contributed by atoms with Gasteiger partial charge >= 0.3 is 5.97 Å². The molecule has 0 aliphatic rings. The third-order valence-electron chi connectivity index (χ3n) is 5.94. The van der Waals surface area contributed by atoms with Crippen LogP contribution < -0.4 is 9.47 Å². The van der Waals surface area contributed by atoms with Gasteiger partial charge in [0.15, 0.2) is 0 Å². The zero-order valence-corrected chi connectivity index (χ0v) is 21.1. The molecule has 8 nitrogen and oxygen atoms in total. The van der Waals surface area contributed by atoms with E-state index in [0.29, 0.717) is 55.1 Å². The number of para-hydroxylation sites is 2. The Hall–Kier alpha value is -3.23. The number of hydrogen-bond acceptors (Lipinski definition) is 7.